The van der Waals surface area contributed by atoms with E-state index in [0.29, 0.717) is 38.9 Å². The molecule has 0 aliphatic heterocycles. The van der Waals surface area contributed by atoms with E-state index in [9.17, 15) is 10.1 Å². The minimum atomic E-state index is -0.410. The monoisotopic (exact) mass is 528 g/mol. The normalized spacial score (nSPS) is 10.8. The minimum Gasteiger partial charge on any atom is -0.492 e. The van der Waals surface area contributed by atoms with E-state index in [1.165, 1.54) is 12.1 Å². The molecule has 0 spiro atoms. The number of hydrogen-bond acceptors (Lipinski definition) is 5. The highest BCUT2D eigenvalue weighted by Crippen LogP contribution is 2.12. The van der Waals surface area contributed by atoms with Crippen LogP contribution in [0.3, 0.4) is 0 Å². The van der Waals surface area contributed by atoms with E-state index in [1.54, 1.807) is 12.1 Å². The van der Waals surface area contributed by atoms with Crippen molar-refractivity contribution in [2.75, 3.05) is 32.9 Å². The Labute approximate surface area is 194 Å². The third-order valence-corrected chi connectivity index (χ3v) is 3.94. The first-order valence-corrected chi connectivity index (χ1v) is 9.70. The number of nitrogens with zero attached hydrogens (tertiary/aromatic N) is 2. The maximum Gasteiger partial charge on any atom is 0.269 e. The van der Waals surface area contributed by atoms with Crippen molar-refractivity contribution < 1.29 is 14.4 Å². The predicted molar refractivity (Wildman–Crippen MR) is 129 cm³/mol. The number of guanidine groups is 1. The zero-order valence-corrected chi connectivity index (χ0v) is 19.4. The van der Waals surface area contributed by atoms with E-state index in [-0.39, 0.29) is 29.7 Å². The highest BCUT2D eigenvalue weighted by atomic mass is 127. The average Bonchev–Trinajstić information content (AvgIpc) is 2.75. The lowest BCUT2D eigenvalue weighted by molar-refractivity contribution is -0.384. The smallest absolute Gasteiger partial charge is 0.269 e. The van der Waals surface area contributed by atoms with Gasteiger partial charge >= 0.3 is 0 Å². The lowest BCUT2D eigenvalue weighted by Gasteiger charge is -2.13. The Bertz CT molecular complexity index is 757. The number of rotatable bonds is 12. The molecule has 0 aromatic heterocycles. The molecule has 2 rings (SSSR count). The van der Waals surface area contributed by atoms with Crippen LogP contribution in [0.15, 0.2) is 59.6 Å². The van der Waals surface area contributed by atoms with E-state index in [4.69, 9.17) is 9.47 Å². The van der Waals surface area contributed by atoms with Gasteiger partial charge in [0.05, 0.1) is 18.0 Å². The zero-order chi connectivity index (χ0) is 20.7. The molecule has 2 N–H and O–H groups in total. The van der Waals surface area contributed by atoms with Gasteiger partial charge in [0, 0.05) is 31.9 Å². The summed E-state index contributed by atoms with van der Waals surface area (Å²) in [6.07, 6.45) is 0.868. The Kier molecular flexibility index (Phi) is 13.2. The molecule has 0 saturated carbocycles. The van der Waals surface area contributed by atoms with Crippen molar-refractivity contribution in [2.45, 2.75) is 19.9 Å². The highest BCUT2D eigenvalue weighted by molar-refractivity contribution is 14.0. The molecule has 0 aliphatic rings. The molecule has 2 aromatic carbocycles. The predicted octanol–water partition coefficient (Wildman–Crippen LogP) is 3.75. The number of ether oxygens (including phenoxy) is 2. The van der Waals surface area contributed by atoms with Crippen LogP contribution in [0.2, 0.25) is 0 Å². The molecule has 164 valence electrons. The van der Waals surface area contributed by atoms with E-state index in [0.717, 1.165) is 24.3 Å². The van der Waals surface area contributed by atoms with Crippen LogP contribution in [0.5, 0.6) is 5.75 Å². The molecule has 9 heteroatoms. The van der Waals surface area contributed by atoms with Gasteiger partial charge in [-0.1, -0.05) is 30.3 Å². The van der Waals surface area contributed by atoms with Crippen molar-refractivity contribution >= 4 is 35.6 Å². The molecule has 0 saturated heterocycles. The van der Waals surface area contributed by atoms with Crippen LogP contribution in [0, 0.1) is 10.1 Å². The Morgan fingerprint density at radius 3 is 2.40 bits per heavy atom. The fourth-order valence-corrected chi connectivity index (χ4v) is 2.45. The topological polar surface area (TPSA) is 98.0 Å². The fraction of sp³-hybridized carbons (Fsp3) is 0.381. The van der Waals surface area contributed by atoms with Crippen LogP contribution in [0.1, 0.15) is 18.9 Å². The molecule has 0 radical (unpaired) electrons. The SMILES string of the molecule is CCOCCCNC(=NCc1ccc([N+](=O)[O-])cc1)NCCOc1ccccc1.I. The number of nitro groups is 1. The number of hydrogen-bond donors (Lipinski definition) is 2. The van der Waals surface area contributed by atoms with Gasteiger partial charge in [-0.3, -0.25) is 10.1 Å². The Morgan fingerprint density at radius 1 is 1.03 bits per heavy atom. The Morgan fingerprint density at radius 2 is 1.73 bits per heavy atom. The van der Waals surface area contributed by atoms with Gasteiger partial charge < -0.3 is 20.1 Å². The number of benzene rings is 2. The summed E-state index contributed by atoms with van der Waals surface area (Å²) in [7, 11) is 0. The van der Waals surface area contributed by atoms with E-state index in [2.05, 4.69) is 15.6 Å². The maximum absolute atomic E-state index is 10.8. The molecule has 8 nitrogen and oxygen atoms in total. The molecular weight excluding hydrogens is 499 g/mol. The van der Waals surface area contributed by atoms with Gasteiger partial charge in [0.15, 0.2) is 5.96 Å². The third kappa shape index (κ3) is 10.4. The molecule has 0 heterocycles. The van der Waals surface area contributed by atoms with E-state index >= 15 is 0 Å². The van der Waals surface area contributed by atoms with Crippen molar-refractivity contribution in [3.63, 3.8) is 0 Å². The number of para-hydroxylation sites is 1. The van der Waals surface area contributed by atoms with Crippen molar-refractivity contribution in [1.29, 1.82) is 0 Å². The number of non-ortho nitro benzene ring substituents is 1. The molecule has 30 heavy (non-hydrogen) atoms. The molecule has 0 atom stereocenters. The first-order chi connectivity index (χ1) is 14.2. The van der Waals surface area contributed by atoms with Gasteiger partial charge in [0.25, 0.3) is 5.69 Å². The van der Waals surface area contributed by atoms with Gasteiger partial charge in [-0.2, -0.15) is 0 Å². The van der Waals surface area contributed by atoms with Gasteiger partial charge in [-0.15, -0.1) is 24.0 Å². The number of aliphatic imine (C=N–C) groups is 1. The maximum atomic E-state index is 10.8. The molecular formula is C21H29IN4O4. The summed E-state index contributed by atoms with van der Waals surface area (Å²) in [5.41, 5.74) is 0.967. The van der Waals surface area contributed by atoms with Crippen LogP contribution >= 0.6 is 24.0 Å². The van der Waals surface area contributed by atoms with E-state index < -0.39 is 4.92 Å². The molecule has 0 fully saturated rings. The van der Waals surface area contributed by atoms with Crippen molar-refractivity contribution in [1.82, 2.24) is 10.6 Å². The van der Waals surface area contributed by atoms with Crippen molar-refractivity contribution in [2.24, 2.45) is 4.99 Å². The summed E-state index contributed by atoms with van der Waals surface area (Å²) in [5.74, 6) is 1.49. The van der Waals surface area contributed by atoms with Gasteiger partial charge in [-0.05, 0) is 31.0 Å². The summed E-state index contributed by atoms with van der Waals surface area (Å²) in [6.45, 7) is 5.60. The lowest BCUT2D eigenvalue weighted by atomic mass is 10.2. The van der Waals surface area contributed by atoms with Crippen LogP contribution < -0.4 is 15.4 Å². The van der Waals surface area contributed by atoms with Crippen LogP contribution in [-0.2, 0) is 11.3 Å². The largest absolute Gasteiger partial charge is 0.492 e. The molecule has 0 amide bonds. The summed E-state index contributed by atoms with van der Waals surface area (Å²) in [5, 5.41) is 17.3. The van der Waals surface area contributed by atoms with Gasteiger partial charge in [0.1, 0.15) is 12.4 Å². The van der Waals surface area contributed by atoms with Gasteiger partial charge in [-0.25, -0.2) is 4.99 Å². The van der Waals surface area contributed by atoms with Crippen LogP contribution in [0.4, 0.5) is 5.69 Å². The van der Waals surface area contributed by atoms with Crippen LogP contribution in [-0.4, -0.2) is 43.8 Å². The Balaban J connectivity index is 0.00000450. The summed E-state index contributed by atoms with van der Waals surface area (Å²) >= 11 is 0. The molecule has 2 aromatic rings. The average molecular weight is 528 g/mol. The molecule has 0 bridgehead atoms. The van der Waals surface area contributed by atoms with Crippen molar-refractivity contribution in [3.05, 3.63) is 70.3 Å². The van der Waals surface area contributed by atoms with Gasteiger partial charge in [0.2, 0.25) is 0 Å². The second-order valence-corrected chi connectivity index (χ2v) is 6.15. The van der Waals surface area contributed by atoms with Crippen molar-refractivity contribution in [3.8, 4) is 5.75 Å². The third-order valence-electron chi connectivity index (χ3n) is 3.94. The molecule has 0 aliphatic carbocycles. The summed E-state index contributed by atoms with van der Waals surface area (Å²) < 4.78 is 11.0. The zero-order valence-electron chi connectivity index (χ0n) is 17.1. The lowest BCUT2D eigenvalue weighted by Crippen LogP contribution is -2.40. The number of halogens is 1. The fourth-order valence-electron chi connectivity index (χ4n) is 2.45. The van der Waals surface area contributed by atoms with E-state index in [1.807, 2.05) is 37.3 Å². The molecule has 0 unspecified atom stereocenters. The quantitative estimate of drug-likeness (QED) is 0.109. The first-order valence-electron chi connectivity index (χ1n) is 9.70. The number of nitrogens with one attached hydrogen (secondary N) is 2. The minimum absolute atomic E-state index is 0. The standard InChI is InChI=1S/C21H28N4O4.HI/c1-2-28-15-6-13-22-21(23-14-16-29-20-7-4-3-5-8-20)24-17-18-9-11-19(12-10-18)25(26)27;/h3-5,7-12H,2,6,13-17H2,1H3,(H2,22,23,24);1H. The summed E-state index contributed by atoms with van der Waals surface area (Å²) in [6, 6.07) is 16.0. The van der Waals surface area contributed by atoms with Crippen LogP contribution in [0.25, 0.3) is 0 Å². The summed E-state index contributed by atoms with van der Waals surface area (Å²) in [4.78, 5) is 14.9. The second kappa shape index (κ2) is 15.4. The second-order valence-electron chi connectivity index (χ2n) is 6.15. The highest BCUT2D eigenvalue weighted by Gasteiger charge is 2.04. The Hall–Kier alpha value is -2.40. The first kappa shape index (κ1) is 25.6. The number of nitro benzene ring substituents is 1.